The van der Waals surface area contributed by atoms with Gasteiger partial charge in [0.2, 0.25) is 5.91 Å². The molecule has 2 heterocycles. The van der Waals surface area contributed by atoms with E-state index in [0.717, 1.165) is 16.5 Å². The normalized spacial score (nSPS) is 12.5. The van der Waals surface area contributed by atoms with Crippen molar-refractivity contribution in [1.29, 1.82) is 0 Å². The minimum Gasteiger partial charge on any atom is -0.450 e. The van der Waals surface area contributed by atoms with Crippen molar-refractivity contribution in [3.8, 4) is 0 Å². The predicted octanol–water partition coefficient (Wildman–Crippen LogP) is 2.26. The molecule has 0 saturated carbocycles. The van der Waals surface area contributed by atoms with E-state index in [1.807, 2.05) is 24.3 Å². The third-order valence-electron chi connectivity index (χ3n) is 3.32. The quantitative estimate of drug-likeness (QED) is 0.798. The van der Waals surface area contributed by atoms with Crippen LogP contribution in [0.1, 0.15) is 6.92 Å². The first-order chi connectivity index (χ1) is 10.1. The Kier molecular flexibility index (Phi) is 3.21. The molecule has 1 atom stereocenters. The van der Waals surface area contributed by atoms with Crippen LogP contribution in [0.5, 0.6) is 0 Å². The first-order valence-electron chi connectivity index (χ1n) is 6.68. The number of likely N-dealkylation sites (N-methyl/N-ethyl adjacent to an activating group) is 1. The summed E-state index contributed by atoms with van der Waals surface area (Å²) in [7, 11) is 3.44. The zero-order chi connectivity index (χ0) is 15.0. The number of nitrogens with zero attached hydrogens (tertiary/aromatic N) is 3. The molecule has 0 saturated heterocycles. The SMILES string of the molecule is C[C@H](Nc1ncnc2c1oc1ccccc12)C(=O)N(C)C. The molecule has 3 aromatic rings. The number of furan rings is 1. The smallest absolute Gasteiger partial charge is 0.244 e. The summed E-state index contributed by atoms with van der Waals surface area (Å²) < 4.78 is 5.81. The molecule has 108 valence electrons. The van der Waals surface area contributed by atoms with Crippen molar-refractivity contribution in [3.05, 3.63) is 30.6 Å². The largest absolute Gasteiger partial charge is 0.450 e. The summed E-state index contributed by atoms with van der Waals surface area (Å²) in [6.07, 6.45) is 1.47. The molecule has 6 heteroatoms. The third kappa shape index (κ3) is 2.29. The summed E-state index contributed by atoms with van der Waals surface area (Å²) in [6, 6.07) is 7.28. The van der Waals surface area contributed by atoms with Crippen LogP contribution in [0.4, 0.5) is 5.82 Å². The van der Waals surface area contributed by atoms with E-state index in [-0.39, 0.29) is 5.91 Å². The van der Waals surface area contributed by atoms with Gasteiger partial charge in [-0.3, -0.25) is 4.79 Å². The second-order valence-corrected chi connectivity index (χ2v) is 5.10. The standard InChI is InChI=1S/C15H16N4O2/c1-9(15(20)19(2)3)18-14-13-12(16-8-17-14)10-6-4-5-7-11(10)21-13/h4-9H,1-3H3,(H,16,17,18)/t9-/m0/s1. The van der Waals surface area contributed by atoms with Crippen molar-refractivity contribution in [2.75, 3.05) is 19.4 Å². The third-order valence-corrected chi connectivity index (χ3v) is 3.32. The second kappa shape index (κ2) is 5.05. The fourth-order valence-electron chi connectivity index (χ4n) is 2.28. The summed E-state index contributed by atoms with van der Waals surface area (Å²) in [5.74, 6) is 0.497. The zero-order valence-corrected chi connectivity index (χ0v) is 12.1. The Bertz CT molecular complexity index is 810. The minimum atomic E-state index is -0.397. The van der Waals surface area contributed by atoms with E-state index in [4.69, 9.17) is 4.42 Å². The van der Waals surface area contributed by atoms with Crippen LogP contribution in [0.25, 0.3) is 22.1 Å². The number of aromatic nitrogens is 2. The van der Waals surface area contributed by atoms with E-state index >= 15 is 0 Å². The maximum Gasteiger partial charge on any atom is 0.244 e. The number of rotatable bonds is 3. The highest BCUT2D eigenvalue weighted by Crippen LogP contribution is 2.30. The lowest BCUT2D eigenvalue weighted by Gasteiger charge is -2.18. The highest BCUT2D eigenvalue weighted by molar-refractivity contribution is 6.05. The van der Waals surface area contributed by atoms with E-state index in [2.05, 4.69) is 15.3 Å². The summed E-state index contributed by atoms with van der Waals surface area (Å²) >= 11 is 0. The van der Waals surface area contributed by atoms with Crippen LogP contribution in [0, 0.1) is 0 Å². The lowest BCUT2D eigenvalue weighted by Crippen LogP contribution is -2.36. The zero-order valence-electron chi connectivity index (χ0n) is 12.1. The van der Waals surface area contributed by atoms with Gasteiger partial charge in [0, 0.05) is 19.5 Å². The van der Waals surface area contributed by atoms with Crippen molar-refractivity contribution in [2.24, 2.45) is 0 Å². The van der Waals surface area contributed by atoms with Crippen LogP contribution in [0.2, 0.25) is 0 Å². The van der Waals surface area contributed by atoms with Gasteiger partial charge in [-0.25, -0.2) is 9.97 Å². The van der Waals surface area contributed by atoms with Gasteiger partial charge in [-0.1, -0.05) is 12.1 Å². The van der Waals surface area contributed by atoms with Crippen LogP contribution >= 0.6 is 0 Å². The molecule has 1 N–H and O–H groups in total. The maximum atomic E-state index is 11.9. The van der Waals surface area contributed by atoms with E-state index < -0.39 is 6.04 Å². The Morgan fingerprint density at radius 3 is 2.81 bits per heavy atom. The Morgan fingerprint density at radius 1 is 1.29 bits per heavy atom. The maximum absolute atomic E-state index is 11.9. The number of anilines is 1. The highest BCUT2D eigenvalue weighted by Gasteiger charge is 2.18. The molecular formula is C15H16N4O2. The number of hydrogen-bond donors (Lipinski definition) is 1. The summed E-state index contributed by atoms with van der Waals surface area (Å²) in [5, 5.41) is 4.03. The summed E-state index contributed by atoms with van der Waals surface area (Å²) in [6.45, 7) is 1.79. The van der Waals surface area contributed by atoms with Gasteiger partial charge >= 0.3 is 0 Å². The molecule has 0 fully saturated rings. The number of amides is 1. The Morgan fingerprint density at radius 2 is 2.05 bits per heavy atom. The van der Waals surface area contributed by atoms with Crippen LogP contribution < -0.4 is 5.32 Å². The molecule has 6 nitrogen and oxygen atoms in total. The Labute approximate surface area is 121 Å². The molecule has 0 bridgehead atoms. The first kappa shape index (κ1) is 13.4. The predicted molar refractivity (Wildman–Crippen MR) is 81.1 cm³/mol. The highest BCUT2D eigenvalue weighted by atomic mass is 16.3. The van der Waals surface area contributed by atoms with Gasteiger partial charge in [-0.05, 0) is 19.1 Å². The van der Waals surface area contributed by atoms with Gasteiger partial charge in [-0.2, -0.15) is 0 Å². The number of para-hydroxylation sites is 1. The van der Waals surface area contributed by atoms with E-state index in [9.17, 15) is 4.79 Å². The van der Waals surface area contributed by atoms with E-state index in [1.165, 1.54) is 11.2 Å². The summed E-state index contributed by atoms with van der Waals surface area (Å²) in [5.41, 5.74) is 2.06. The average Bonchev–Trinajstić information content (AvgIpc) is 2.86. The lowest BCUT2D eigenvalue weighted by molar-refractivity contribution is -0.129. The minimum absolute atomic E-state index is 0.0297. The average molecular weight is 284 g/mol. The molecule has 1 amide bonds. The van der Waals surface area contributed by atoms with Gasteiger partial charge in [-0.15, -0.1) is 0 Å². The van der Waals surface area contributed by atoms with Gasteiger partial charge in [0.15, 0.2) is 11.4 Å². The molecule has 0 aliphatic rings. The van der Waals surface area contributed by atoms with Gasteiger partial charge < -0.3 is 14.6 Å². The van der Waals surface area contributed by atoms with Crippen molar-refractivity contribution < 1.29 is 9.21 Å². The van der Waals surface area contributed by atoms with Gasteiger partial charge in [0.05, 0.1) is 0 Å². The number of hydrogen-bond acceptors (Lipinski definition) is 5. The fraction of sp³-hybridized carbons (Fsp3) is 0.267. The van der Waals surface area contributed by atoms with Crippen molar-refractivity contribution >= 4 is 33.8 Å². The number of fused-ring (bicyclic) bond motifs is 3. The van der Waals surface area contributed by atoms with Crippen molar-refractivity contribution in [2.45, 2.75) is 13.0 Å². The molecular weight excluding hydrogens is 268 g/mol. The molecule has 0 radical (unpaired) electrons. The number of benzene rings is 1. The van der Waals surface area contributed by atoms with E-state index in [1.54, 1.807) is 21.0 Å². The van der Waals surface area contributed by atoms with Crippen molar-refractivity contribution in [3.63, 3.8) is 0 Å². The summed E-state index contributed by atoms with van der Waals surface area (Å²) in [4.78, 5) is 22.0. The van der Waals surface area contributed by atoms with Crippen LogP contribution in [-0.4, -0.2) is 40.9 Å². The topological polar surface area (TPSA) is 71.3 Å². The number of carbonyl (C=O) groups excluding carboxylic acids is 1. The van der Waals surface area contributed by atoms with E-state index in [0.29, 0.717) is 11.4 Å². The Hall–Kier alpha value is -2.63. The molecule has 0 aliphatic heterocycles. The first-order valence-corrected chi connectivity index (χ1v) is 6.68. The second-order valence-electron chi connectivity index (χ2n) is 5.10. The van der Waals surface area contributed by atoms with Crippen LogP contribution in [0.3, 0.4) is 0 Å². The Balaban J connectivity index is 2.05. The van der Waals surface area contributed by atoms with Gasteiger partial charge in [0.25, 0.3) is 0 Å². The lowest BCUT2D eigenvalue weighted by atomic mass is 10.2. The molecule has 3 rings (SSSR count). The van der Waals surface area contributed by atoms with Gasteiger partial charge in [0.1, 0.15) is 23.5 Å². The van der Waals surface area contributed by atoms with Crippen LogP contribution in [0.15, 0.2) is 35.0 Å². The molecule has 0 unspecified atom stereocenters. The fourth-order valence-corrected chi connectivity index (χ4v) is 2.28. The molecule has 0 aliphatic carbocycles. The molecule has 1 aromatic carbocycles. The molecule has 21 heavy (non-hydrogen) atoms. The molecule has 0 spiro atoms. The number of nitrogens with one attached hydrogen (secondary N) is 1. The van der Waals surface area contributed by atoms with Crippen molar-refractivity contribution in [1.82, 2.24) is 14.9 Å². The number of carbonyl (C=O) groups is 1. The van der Waals surface area contributed by atoms with Crippen LogP contribution in [-0.2, 0) is 4.79 Å². The molecule has 2 aromatic heterocycles. The monoisotopic (exact) mass is 284 g/mol.